The summed E-state index contributed by atoms with van der Waals surface area (Å²) >= 11 is 5.74. The number of esters is 1. The van der Waals surface area contributed by atoms with Gasteiger partial charge in [-0.05, 0) is 17.7 Å². The molecule has 0 amide bonds. The first-order chi connectivity index (χ1) is 7.59. The number of hydrogen-bond acceptors (Lipinski definition) is 3. The van der Waals surface area contributed by atoms with Gasteiger partial charge in [-0.1, -0.05) is 23.7 Å². The Bertz CT molecular complexity index is 533. The number of benzene rings is 1. The maximum atomic E-state index is 11.4. The molecule has 0 aliphatic rings. The number of carbonyl (C=O) groups is 1. The minimum Gasteiger partial charge on any atom is -0.461 e. The van der Waals surface area contributed by atoms with Crippen LogP contribution in [0.4, 0.5) is 0 Å². The quantitative estimate of drug-likeness (QED) is 0.768. The summed E-state index contributed by atoms with van der Waals surface area (Å²) in [5.41, 5.74) is 1.98. The lowest BCUT2D eigenvalue weighted by Crippen LogP contribution is -1.97. The van der Waals surface area contributed by atoms with E-state index in [1.807, 2.05) is 0 Å². The molecule has 0 saturated carbocycles. The molecule has 0 heterocycles. The average Bonchev–Trinajstić information content (AvgIpc) is 2.87. The highest BCUT2D eigenvalue weighted by atomic mass is 35.5. The van der Waals surface area contributed by atoms with Crippen molar-refractivity contribution < 1.29 is 9.53 Å². The van der Waals surface area contributed by atoms with E-state index in [0.717, 1.165) is 5.56 Å². The van der Waals surface area contributed by atoms with Crippen LogP contribution in [-0.4, -0.2) is 5.97 Å². The van der Waals surface area contributed by atoms with Crippen molar-refractivity contribution in [1.29, 1.82) is 0 Å². The average molecular weight is 237 g/mol. The monoisotopic (exact) mass is 236 g/mol. The third-order valence-corrected chi connectivity index (χ3v) is 2.55. The van der Waals surface area contributed by atoms with E-state index in [0.29, 0.717) is 16.1 Å². The minimum absolute atomic E-state index is 0.0384. The van der Waals surface area contributed by atoms with Gasteiger partial charge in [0.05, 0.1) is 0 Å². The van der Waals surface area contributed by atoms with E-state index < -0.39 is 0 Å². The van der Waals surface area contributed by atoms with Gasteiger partial charge in [-0.25, -0.2) is 0 Å². The zero-order chi connectivity index (χ0) is 11.7. The summed E-state index contributed by atoms with van der Waals surface area (Å²) in [5.74, 6) is -0.386. The predicted molar refractivity (Wildman–Crippen MR) is 61.0 cm³/mol. The van der Waals surface area contributed by atoms with Crippen LogP contribution in [0.1, 0.15) is 12.5 Å². The molecular formula is C12H9ClO3. The van der Waals surface area contributed by atoms with Gasteiger partial charge in [0, 0.05) is 23.1 Å². The Morgan fingerprint density at radius 3 is 2.50 bits per heavy atom. The van der Waals surface area contributed by atoms with Crippen LogP contribution in [0.25, 0.3) is 11.1 Å². The summed E-state index contributed by atoms with van der Waals surface area (Å²) in [6.07, 6.45) is 0. The van der Waals surface area contributed by atoms with E-state index in [9.17, 15) is 9.59 Å². The molecule has 0 unspecified atom stereocenters. The third kappa shape index (κ3) is 2.14. The molecule has 0 spiro atoms. The molecule has 0 aliphatic heterocycles. The second-order valence-corrected chi connectivity index (χ2v) is 3.91. The molecule has 2 aromatic rings. The van der Waals surface area contributed by atoms with Crippen LogP contribution >= 0.6 is 11.6 Å². The van der Waals surface area contributed by atoms with Crippen molar-refractivity contribution >= 4 is 17.6 Å². The molecule has 4 heteroatoms. The Morgan fingerprint density at radius 2 is 1.94 bits per heavy atom. The van der Waals surface area contributed by atoms with Gasteiger partial charge < -0.3 is 4.74 Å². The van der Waals surface area contributed by atoms with Crippen LogP contribution in [0.5, 0.6) is 0 Å². The van der Waals surface area contributed by atoms with Gasteiger partial charge in [-0.3, -0.25) is 9.59 Å². The van der Waals surface area contributed by atoms with Gasteiger partial charge in [0.25, 0.3) is 0 Å². The SMILES string of the molecule is CC(=O)OCc1c(-c2ccc(Cl)cc2)c1=O. The number of ether oxygens (including phenoxy) is 1. The van der Waals surface area contributed by atoms with Gasteiger partial charge in [0.1, 0.15) is 6.61 Å². The van der Waals surface area contributed by atoms with Crippen LogP contribution in [0.3, 0.4) is 0 Å². The molecule has 2 aromatic carbocycles. The molecule has 16 heavy (non-hydrogen) atoms. The second-order valence-electron chi connectivity index (χ2n) is 3.47. The molecule has 0 aromatic heterocycles. The van der Waals surface area contributed by atoms with Gasteiger partial charge in [-0.15, -0.1) is 0 Å². The number of hydrogen-bond donors (Lipinski definition) is 0. The Morgan fingerprint density at radius 1 is 1.31 bits per heavy atom. The minimum atomic E-state index is -0.386. The molecule has 0 radical (unpaired) electrons. The summed E-state index contributed by atoms with van der Waals surface area (Å²) < 4.78 is 4.77. The zero-order valence-electron chi connectivity index (χ0n) is 8.62. The van der Waals surface area contributed by atoms with Crippen molar-refractivity contribution in [1.82, 2.24) is 0 Å². The Kier molecular flexibility index (Phi) is 2.79. The Labute approximate surface area is 97.3 Å². The van der Waals surface area contributed by atoms with Crippen LogP contribution in [-0.2, 0) is 16.1 Å². The first-order valence-electron chi connectivity index (χ1n) is 4.76. The van der Waals surface area contributed by atoms with Gasteiger partial charge in [0.2, 0.25) is 0 Å². The summed E-state index contributed by atoms with van der Waals surface area (Å²) in [6.45, 7) is 1.38. The molecule has 0 aliphatic carbocycles. The Balaban J connectivity index is 2.14. The van der Waals surface area contributed by atoms with Crippen LogP contribution in [0.15, 0.2) is 29.1 Å². The molecule has 0 fully saturated rings. The largest absolute Gasteiger partial charge is 0.461 e. The fourth-order valence-electron chi connectivity index (χ4n) is 1.44. The molecule has 0 atom stereocenters. The summed E-state index contributed by atoms with van der Waals surface area (Å²) in [4.78, 5) is 22.0. The van der Waals surface area contributed by atoms with Crippen molar-refractivity contribution in [3.63, 3.8) is 0 Å². The Hall–Kier alpha value is -1.61. The van der Waals surface area contributed by atoms with E-state index >= 15 is 0 Å². The van der Waals surface area contributed by atoms with Crippen molar-refractivity contribution in [2.45, 2.75) is 13.5 Å². The fraction of sp³-hybridized carbons (Fsp3) is 0.167. The van der Waals surface area contributed by atoms with Crippen LogP contribution in [0, 0.1) is 0 Å². The summed E-state index contributed by atoms with van der Waals surface area (Å²) in [6, 6.07) is 6.99. The highest BCUT2D eigenvalue weighted by Gasteiger charge is 2.24. The molecule has 3 nitrogen and oxygen atoms in total. The fourth-order valence-corrected chi connectivity index (χ4v) is 1.57. The standard InChI is InChI=1S/C12H9ClO3/c1-7(14)16-6-10-11(12(10)15)8-2-4-9(13)5-3-8/h2-5H,6H2,1H3. The molecular weight excluding hydrogens is 228 g/mol. The number of carbonyl (C=O) groups excluding carboxylic acids is 1. The van der Waals surface area contributed by atoms with E-state index in [2.05, 4.69) is 0 Å². The summed E-state index contributed by atoms with van der Waals surface area (Å²) in [5, 5.41) is 0.624. The van der Waals surface area contributed by atoms with Gasteiger partial charge in [-0.2, -0.15) is 0 Å². The normalized spacial score (nSPS) is 10.6. The number of halogens is 1. The topological polar surface area (TPSA) is 43.4 Å². The van der Waals surface area contributed by atoms with Crippen molar-refractivity contribution in [3.8, 4) is 11.1 Å². The molecule has 82 valence electrons. The maximum absolute atomic E-state index is 11.4. The molecule has 0 saturated heterocycles. The maximum Gasteiger partial charge on any atom is 0.302 e. The van der Waals surface area contributed by atoms with Crippen LogP contribution in [0.2, 0.25) is 5.02 Å². The van der Waals surface area contributed by atoms with E-state index in [1.54, 1.807) is 24.3 Å². The van der Waals surface area contributed by atoms with Gasteiger partial charge >= 0.3 is 5.97 Å². The highest BCUT2D eigenvalue weighted by molar-refractivity contribution is 6.30. The van der Waals surface area contributed by atoms with Gasteiger partial charge in [0.15, 0.2) is 5.43 Å². The smallest absolute Gasteiger partial charge is 0.302 e. The van der Waals surface area contributed by atoms with Crippen molar-refractivity contribution in [2.75, 3.05) is 0 Å². The van der Waals surface area contributed by atoms with E-state index in [-0.39, 0.29) is 18.0 Å². The lowest BCUT2D eigenvalue weighted by Gasteiger charge is -1.95. The zero-order valence-corrected chi connectivity index (χ0v) is 9.38. The lowest BCUT2D eigenvalue weighted by molar-refractivity contribution is -0.142. The van der Waals surface area contributed by atoms with E-state index in [4.69, 9.17) is 16.3 Å². The first-order valence-corrected chi connectivity index (χ1v) is 5.14. The molecule has 0 N–H and O–H groups in total. The molecule has 2 rings (SSSR count). The second kappa shape index (κ2) is 4.10. The van der Waals surface area contributed by atoms with Crippen LogP contribution < -0.4 is 5.43 Å². The predicted octanol–water partition coefficient (Wildman–Crippen LogP) is 2.31. The first kappa shape index (κ1) is 10.9. The third-order valence-electron chi connectivity index (χ3n) is 2.29. The van der Waals surface area contributed by atoms with E-state index in [1.165, 1.54) is 6.92 Å². The lowest BCUT2D eigenvalue weighted by atomic mass is 10.2. The molecule has 0 bridgehead atoms. The highest BCUT2D eigenvalue weighted by Crippen LogP contribution is 2.26. The summed E-state index contributed by atoms with van der Waals surface area (Å²) in [7, 11) is 0. The number of rotatable bonds is 3. The van der Waals surface area contributed by atoms with Crippen molar-refractivity contribution in [3.05, 3.63) is 45.1 Å². The van der Waals surface area contributed by atoms with Crippen molar-refractivity contribution in [2.24, 2.45) is 0 Å².